The third-order valence-electron chi connectivity index (χ3n) is 2.60. The second-order valence-electron chi connectivity index (χ2n) is 3.88. The average Bonchev–Trinajstić information content (AvgIpc) is 2.39. The van der Waals surface area contributed by atoms with Crippen molar-refractivity contribution in [2.75, 3.05) is 6.54 Å². The number of rotatable bonds is 5. The summed E-state index contributed by atoms with van der Waals surface area (Å²) in [5.41, 5.74) is 5.84. The molecule has 0 aliphatic carbocycles. The molecule has 0 aliphatic heterocycles. The summed E-state index contributed by atoms with van der Waals surface area (Å²) in [5, 5.41) is 13.8. The lowest BCUT2D eigenvalue weighted by molar-refractivity contribution is -0.122. The van der Waals surface area contributed by atoms with Crippen molar-refractivity contribution in [2.45, 2.75) is 13.3 Å². The van der Waals surface area contributed by atoms with E-state index in [2.05, 4.69) is 10.5 Å². The minimum Gasteiger partial charge on any atom is -0.409 e. The molecule has 1 amide bonds. The molecule has 98 valence electrons. The molecule has 1 aromatic rings. The fourth-order valence-corrected chi connectivity index (χ4v) is 1.40. The van der Waals surface area contributed by atoms with E-state index in [0.717, 1.165) is 0 Å². The van der Waals surface area contributed by atoms with Crippen LogP contribution in [0.2, 0.25) is 0 Å². The summed E-state index contributed by atoms with van der Waals surface area (Å²) in [6.45, 7) is 1.82. The first-order chi connectivity index (χ1) is 8.56. The number of oxime groups is 1. The molecule has 0 saturated carbocycles. The summed E-state index contributed by atoms with van der Waals surface area (Å²) in [6, 6.07) is 6.38. The monoisotopic (exact) mass is 253 g/mol. The molecule has 0 spiro atoms. The second kappa shape index (κ2) is 6.58. The van der Waals surface area contributed by atoms with Gasteiger partial charge in [-0.05, 0) is 25.0 Å². The summed E-state index contributed by atoms with van der Waals surface area (Å²) in [5.74, 6) is -1.52. The van der Waals surface area contributed by atoms with Gasteiger partial charge in [0.2, 0.25) is 5.91 Å². The Hall–Kier alpha value is -2.11. The molecular weight excluding hydrogens is 237 g/mol. The van der Waals surface area contributed by atoms with E-state index in [0.29, 0.717) is 18.5 Å². The van der Waals surface area contributed by atoms with E-state index < -0.39 is 5.92 Å². The van der Waals surface area contributed by atoms with Crippen molar-refractivity contribution in [3.05, 3.63) is 35.6 Å². The van der Waals surface area contributed by atoms with Gasteiger partial charge in [-0.25, -0.2) is 4.39 Å². The van der Waals surface area contributed by atoms with Crippen LogP contribution in [0.25, 0.3) is 0 Å². The molecule has 0 saturated heterocycles. The van der Waals surface area contributed by atoms with Gasteiger partial charge in [-0.3, -0.25) is 4.79 Å². The van der Waals surface area contributed by atoms with E-state index in [4.69, 9.17) is 10.9 Å². The zero-order valence-electron chi connectivity index (χ0n) is 10.1. The van der Waals surface area contributed by atoms with Crippen molar-refractivity contribution in [3.8, 4) is 0 Å². The molecule has 18 heavy (non-hydrogen) atoms. The smallest absolute Gasteiger partial charge is 0.230 e. The van der Waals surface area contributed by atoms with Crippen molar-refractivity contribution in [2.24, 2.45) is 16.8 Å². The first-order valence-electron chi connectivity index (χ1n) is 5.54. The SMILES string of the molecule is CC(C(=O)NCCc1ccccc1F)C(N)=NO. The number of hydrogen-bond acceptors (Lipinski definition) is 3. The van der Waals surface area contributed by atoms with Crippen LogP contribution in [0.3, 0.4) is 0 Å². The summed E-state index contributed by atoms with van der Waals surface area (Å²) < 4.78 is 13.3. The Kier molecular flexibility index (Phi) is 5.10. The number of benzene rings is 1. The highest BCUT2D eigenvalue weighted by atomic mass is 19.1. The van der Waals surface area contributed by atoms with Crippen LogP contribution >= 0.6 is 0 Å². The van der Waals surface area contributed by atoms with Gasteiger partial charge >= 0.3 is 0 Å². The molecule has 0 radical (unpaired) electrons. The van der Waals surface area contributed by atoms with Crippen LogP contribution in [-0.2, 0) is 11.2 Å². The van der Waals surface area contributed by atoms with E-state index >= 15 is 0 Å². The minimum atomic E-state index is -0.712. The van der Waals surface area contributed by atoms with Gasteiger partial charge in [0, 0.05) is 6.54 Å². The topological polar surface area (TPSA) is 87.7 Å². The maximum absolute atomic E-state index is 13.3. The lowest BCUT2D eigenvalue weighted by atomic mass is 10.1. The van der Waals surface area contributed by atoms with Crippen molar-refractivity contribution >= 4 is 11.7 Å². The Labute approximate surface area is 104 Å². The molecule has 1 unspecified atom stereocenters. The second-order valence-corrected chi connectivity index (χ2v) is 3.88. The van der Waals surface area contributed by atoms with Gasteiger partial charge in [-0.1, -0.05) is 23.4 Å². The number of halogens is 1. The molecule has 0 heterocycles. The van der Waals surface area contributed by atoms with Crippen LogP contribution in [0.15, 0.2) is 29.4 Å². The fourth-order valence-electron chi connectivity index (χ4n) is 1.40. The predicted octanol–water partition coefficient (Wildman–Crippen LogP) is 0.867. The van der Waals surface area contributed by atoms with Crippen LogP contribution in [0.4, 0.5) is 4.39 Å². The van der Waals surface area contributed by atoms with Crippen molar-refractivity contribution in [1.82, 2.24) is 5.32 Å². The van der Waals surface area contributed by atoms with Gasteiger partial charge in [0.25, 0.3) is 0 Å². The van der Waals surface area contributed by atoms with E-state index in [1.807, 2.05) is 0 Å². The van der Waals surface area contributed by atoms with Crippen LogP contribution in [0, 0.1) is 11.7 Å². The standard InChI is InChI=1S/C12H16FN3O2/c1-8(11(14)16-18)12(17)15-7-6-9-4-2-3-5-10(9)13/h2-5,8,18H,6-7H2,1H3,(H2,14,16)(H,15,17). The lowest BCUT2D eigenvalue weighted by Crippen LogP contribution is -2.38. The first kappa shape index (κ1) is 14.0. The number of amidine groups is 1. The maximum Gasteiger partial charge on any atom is 0.230 e. The zero-order chi connectivity index (χ0) is 13.5. The third-order valence-corrected chi connectivity index (χ3v) is 2.60. The Morgan fingerprint density at radius 1 is 1.56 bits per heavy atom. The van der Waals surface area contributed by atoms with Gasteiger partial charge in [-0.2, -0.15) is 0 Å². The number of nitrogens with one attached hydrogen (secondary N) is 1. The summed E-state index contributed by atoms with van der Waals surface area (Å²) >= 11 is 0. The summed E-state index contributed by atoms with van der Waals surface area (Å²) in [6.07, 6.45) is 0.390. The highest BCUT2D eigenvalue weighted by Crippen LogP contribution is 2.06. The van der Waals surface area contributed by atoms with E-state index in [-0.39, 0.29) is 17.6 Å². The Morgan fingerprint density at radius 2 is 2.22 bits per heavy atom. The molecule has 1 atom stereocenters. The number of carbonyl (C=O) groups excluding carboxylic acids is 1. The molecule has 0 aromatic heterocycles. The number of amides is 1. The fraction of sp³-hybridized carbons (Fsp3) is 0.333. The van der Waals surface area contributed by atoms with Crippen molar-refractivity contribution in [3.63, 3.8) is 0 Å². The van der Waals surface area contributed by atoms with Gasteiger partial charge in [0.15, 0.2) is 5.84 Å². The van der Waals surface area contributed by atoms with Crippen LogP contribution in [0.5, 0.6) is 0 Å². The predicted molar refractivity (Wildman–Crippen MR) is 65.7 cm³/mol. The van der Waals surface area contributed by atoms with Gasteiger partial charge in [0.05, 0.1) is 5.92 Å². The molecule has 4 N–H and O–H groups in total. The molecule has 0 bridgehead atoms. The zero-order valence-corrected chi connectivity index (χ0v) is 10.1. The molecule has 1 rings (SSSR count). The first-order valence-corrected chi connectivity index (χ1v) is 5.54. The minimum absolute atomic E-state index is 0.154. The highest BCUT2D eigenvalue weighted by molar-refractivity contribution is 6.01. The van der Waals surface area contributed by atoms with Crippen LogP contribution in [-0.4, -0.2) is 23.5 Å². The number of nitrogens with two attached hydrogens (primary N) is 1. The van der Waals surface area contributed by atoms with E-state index in [9.17, 15) is 9.18 Å². The number of nitrogens with zero attached hydrogens (tertiary/aromatic N) is 1. The maximum atomic E-state index is 13.3. The molecule has 0 aliphatic rings. The number of hydrogen-bond donors (Lipinski definition) is 3. The Morgan fingerprint density at radius 3 is 2.83 bits per heavy atom. The summed E-state index contributed by atoms with van der Waals surface area (Å²) in [7, 11) is 0. The highest BCUT2D eigenvalue weighted by Gasteiger charge is 2.16. The molecule has 5 nitrogen and oxygen atoms in total. The normalized spacial score (nSPS) is 13.1. The molecule has 1 aromatic carbocycles. The largest absolute Gasteiger partial charge is 0.409 e. The average molecular weight is 253 g/mol. The van der Waals surface area contributed by atoms with E-state index in [1.54, 1.807) is 18.2 Å². The summed E-state index contributed by atoms with van der Waals surface area (Å²) in [4.78, 5) is 11.5. The van der Waals surface area contributed by atoms with Crippen LogP contribution < -0.4 is 11.1 Å². The molecule has 6 heteroatoms. The lowest BCUT2D eigenvalue weighted by Gasteiger charge is -2.10. The van der Waals surface area contributed by atoms with Gasteiger partial charge in [-0.15, -0.1) is 0 Å². The van der Waals surface area contributed by atoms with Gasteiger partial charge < -0.3 is 16.3 Å². The van der Waals surface area contributed by atoms with Gasteiger partial charge in [0.1, 0.15) is 5.82 Å². The van der Waals surface area contributed by atoms with Crippen molar-refractivity contribution in [1.29, 1.82) is 0 Å². The molecule has 0 fully saturated rings. The Balaban J connectivity index is 2.43. The Bertz CT molecular complexity index is 449. The van der Waals surface area contributed by atoms with Crippen molar-refractivity contribution < 1.29 is 14.4 Å². The third kappa shape index (κ3) is 3.73. The van der Waals surface area contributed by atoms with E-state index in [1.165, 1.54) is 13.0 Å². The molecular formula is C12H16FN3O2. The number of carbonyl (C=O) groups is 1. The van der Waals surface area contributed by atoms with Crippen LogP contribution in [0.1, 0.15) is 12.5 Å². The quantitative estimate of drug-likeness (QED) is 0.315.